The minimum absolute atomic E-state index is 0.231. The van der Waals surface area contributed by atoms with E-state index in [1.165, 1.54) is 18.5 Å². The number of nitrogens with one attached hydrogen (secondary N) is 2. The quantitative estimate of drug-likeness (QED) is 0.368. The molecule has 0 unspecified atom stereocenters. The van der Waals surface area contributed by atoms with Crippen LogP contribution in [0.15, 0.2) is 41.8 Å². The van der Waals surface area contributed by atoms with Crippen molar-refractivity contribution < 1.29 is 4.39 Å². The Morgan fingerprint density at radius 2 is 2.04 bits per heavy atom. The molecule has 0 aliphatic heterocycles. The lowest BCUT2D eigenvalue weighted by Gasteiger charge is -2.22. The third-order valence-corrected chi connectivity index (χ3v) is 4.22. The van der Waals surface area contributed by atoms with Gasteiger partial charge in [-0.25, -0.2) is 14.4 Å². The predicted octanol–water partition coefficient (Wildman–Crippen LogP) is 2.01. The van der Waals surface area contributed by atoms with Gasteiger partial charge in [-0.2, -0.15) is 5.10 Å². The standard InChI is InChI=1S/C19H25FN8/c1-4-21-19(27(2)12-14-5-7-15(20)8-6-14)23-10-9-22-17-16-11-26-28(3)18(16)25-13-24-17/h5-8,11,13H,4,9-10,12H2,1-3H3,(H,21,23)(H,22,24,25). The number of aliphatic imine (C=N–C) groups is 1. The van der Waals surface area contributed by atoms with Crippen LogP contribution in [0.25, 0.3) is 11.0 Å². The maximum absolute atomic E-state index is 13.1. The van der Waals surface area contributed by atoms with Crippen LogP contribution >= 0.6 is 0 Å². The number of hydrogen-bond donors (Lipinski definition) is 2. The van der Waals surface area contributed by atoms with E-state index in [1.807, 2.05) is 25.9 Å². The van der Waals surface area contributed by atoms with Crippen molar-refractivity contribution in [2.75, 3.05) is 32.0 Å². The topological polar surface area (TPSA) is 83.3 Å². The van der Waals surface area contributed by atoms with Crippen molar-refractivity contribution in [1.29, 1.82) is 0 Å². The van der Waals surface area contributed by atoms with Crippen LogP contribution in [0.4, 0.5) is 10.2 Å². The normalized spacial score (nSPS) is 11.6. The summed E-state index contributed by atoms with van der Waals surface area (Å²) < 4.78 is 14.8. The largest absolute Gasteiger partial charge is 0.367 e. The van der Waals surface area contributed by atoms with Gasteiger partial charge in [-0.3, -0.25) is 9.67 Å². The Kier molecular flexibility index (Phi) is 6.36. The van der Waals surface area contributed by atoms with Gasteiger partial charge >= 0.3 is 0 Å². The average molecular weight is 384 g/mol. The van der Waals surface area contributed by atoms with E-state index in [1.54, 1.807) is 23.0 Å². The molecule has 0 bridgehead atoms. The van der Waals surface area contributed by atoms with E-state index < -0.39 is 0 Å². The first kappa shape index (κ1) is 19.5. The van der Waals surface area contributed by atoms with Crippen molar-refractivity contribution in [2.45, 2.75) is 13.5 Å². The fourth-order valence-electron chi connectivity index (χ4n) is 2.85. The Labute approximate surface area is 163 Å². The zero-order valence-electron chi connectivity index (χ0n) is 16.4. The first-order valence-electron chi connectivity index (χ1n) is 9.19. The highest BCUT2D eigenvalue weighted by molar-refractivity contribution is 5.86. The number of guanidine groups is 1. The summed E-state index contributed by atoms with van der Waals surface area (Å²) in [5.41, 5.74) is 1.81. The summed E-state index contributed by atoms with van der Waals surface area (Å²) in [5, 5.41) is 11.7. The molecule has 9 heteroatoms. The number of hydrogen-bond acceptors (Lipinski definition) is 5. The molecule has 2 heterocycles. The zero-order chi connectivity index (χ0) is 19.9. The molecule has 0 atom stereocenters. The zero-order valence-corrected chi connectivity index (χ0v) is 16.4. The highest BCUT2D eigenvalue weighted by Gasteiger charge is 2.08. The third-order valence-electron chi connectivity index (χ3n) is 4.22. The fraction of sp³-hybridized carbons (Fsp3) is 0.368. The Hall–Kier alpha value is -3.23. The van der Waals surface area contributed by atoms with Crippen LogP contribution in [0.5, 0.6) is 0 Å². The Bertz CT molecular complexity index is 935. The van der Waals surface area contributed by atoms with Crippen LogP contribution in [-0.4, -0.2) is 57.3 Å². The SMILES string of the molecule is CCNC(=NCCNc1ncnc2c1cnn2C)N(C)Cc1ccc(F)cc1. The average Bonchev–Trinajstić information content (AvgIpc) is 3.08. The molecule has 8 nitrogen and oxygen atoms in total. The van der Waals surface area contributed by atoms with E-state index in [2.05, 4.69) is 30.7 Å². The molecule has 1 aromatic carbocycles. The summed E-state index contributed by atoms with van der Waals surface area (Å²) in [6.07, 6.45) is 3.28. The van der Waals surface area contributed by atoms with Gasteiger partial charge in [0.1, 0.15) is 18.0 Å². The summed E-state index contributed by atoms with van der Waals surface area (Å²) in [6, 6.07) is 6.51. The number of fused-ring (bicyclic) bond motifs is 1. The second kappa shape index (κ2) is 9.12. The minimum Gasteiger partial charge on any atom is -0.367 e. The molecule has 0 amide bonds. The molecular formula is C19H25FN8. The van der Waals surface area contributed by atoms with Crippen LogP contribution in [0.3, 0.4) is 0 Å². The molecule has 148 valence electrons. The molecule has 0 radical (unpaired) electrons. The van der Waals surface area contributed by atoms with Crippen LogP contribution in [-0.2, 0) is 13.6 Å². The van der Waals surface area contributed by atoms with Crippen molar-refractivity contribution in [3.8, 4) is 0 Å². The highest BCUT2D eigenvalue weighted by atomic mass is 19.1. The van der Waals surface area contributed by atoms with E-state index in [-0.39, 0.29) is 5.82 Å². The van der Waals surface area contributed by atoms with Crippen molar-refractivity contribution in [3.05, 3.63) is 48.2 Å². The highest BCUT2D eigenvalue weighted by Crippen LogP contribution is 2.17. The lowest BCUT2D eigenvalue weighted by molar-refractivity contribution is 0.476. The molecule has 0 aliphatic carbocycles. The Morgan fingerprint density at radius 3 is 2.79 bits per heavy atom. The molecule has 0 fully saturated rings. The number of rotatable bonds is 7. The molecule has 2 aromatic heterocycles. The maximum atomic E-state index is 13.1. The van der Waals surface area contributed by atoms with Gasteiger partial charge in [-0.1, -0.05) is 12.1 Å². The van der Waals surface area contributed by atoms with Gasteiger partial charge in [0, 0.05) is 33.7 Å². The number of nitrogens with zero attached hydrogens (tertiary/aromatic N) is 6. The van der Waals surface area contributed by atoms with Crippen LogP contribution in [0.1, 0.15) is 12.5 Å². The van der Waals surface area contributed by atoms with Crippen molar-refractivity contribution in [3.63, 3.8) is 0 Å². The summed E-state index contributed by atoms with van der Waals surface area (Å²) in [4.78, 5) is 15.2. The maximum Gasteiger partial charge on any atom is 0.194 e. The van der Waals surface area contributed by atoms with E-state index in [9.17, 15) is 4.39 Å². The monoisotopic (exact) mass is 384 g/mol. The van der Waals surface area contributed by atoms with E-state index in [0.29, 0.717) is 19.6 Å². The number of benzene rings is 1. The molecule has 28 heavy (non-hydrogen) atoms. The van der Waals surface area contributed by atoms with Gasteiger partial charge in [0.15, 0.2) is 11.6 Å². The molecule has 0 saturated carbocycles. The molecule has 0 saturated heterocycles. The molecule has 0 aliphatic rings. The van der Waals surface area contributed by atoms with Gasteiger partial charge in [-0.05, 0) is 24.6 Å². The second-order valence-electron chi connectivity index (χ2n) is 6.37. The second-order valence-corrected chi connectivity index (χ2v) is 6.37. The summed E-state index contributed by atoms with van der Waals surface area (Å²) in [5.74, 6) is 1.31. The molecule has 0 spiro atoms. The number of aromatic nitrogens is 4. The summed E-state index contributed by atoms with van der Waals surface area (Å²) >= 11 is 0. The van der Waals surface area contributed by atoms with Gasteiger partial charge < -0.3 is 15.5 Å². The number of aryl methyl sites for hydroxylation is 1. The smallest absolute Gasteiger partial charge is 0.194 e. The van der Waals surface area contributed by atoms with E-state index in [4.69, 9.17) is 0 Å². The Morgan fingerprint density at radius 1 is 1.25 bits per heavy atom. The third kappa shape index (κ3) is 4.73. The first-order chi connectivity index (χ1) is 13.6. The van der Waals surface area contributed by atoms with Crippen LogP contribution in [0.2, 0.25) is 0 Å². The van der Waals surface area contributed by atoms with Gasteiger partial charge in [0.05, 0.1) is 18.1 Å². The molecule has 2 N–H and O–H groups in total. The lowest BCUT2D eigenvalue weighted by atomic mass is 10.2. The minimum atomic E-state index is -0.231. The van der Waals surface area contributed by atoms with Crippen molar-refractivity contribution in [1.82, 2.24) is 30.0 Å². The molecule has 3 rings (SSSR count). The van der Waals surface area contributed by atoms with Crippen molar-refractivity contribution in [2.24, 2.45) is 12.0 Å². The summed E-state index contributed by atoms with van der Waals surface area (Å²) in [7, 11) is 3.81. The summed E-state index contributed by atoms with van der Waals surface area (Å²) in [6.45, 7) is 4.63. The van der Waals surface area contributed by atoms with Gasteiger partial charge in [0.2, 0.25) is 0 Å². The van der Waals surface area contributed by atoms with E-state index in [0.717, 1.165) is 34.9 Å². The van der Waals surface area contributed by atoms with Gasteiger partial charge in [0.25, 0.3) is 0 Å². The van der Waals surface area contributed by atoms with Crippen LogP contribution < -0.4 is 10.6 Å². The van der Waals surface area contributed by atoms with Crippen LogP contribution in [0, 0.1) is 5.82 Å². The molecule has 3 aromatic rings. The number of halogens is 1. The number of anilines is 1. The van der Waals surface area contributed by atoms with Gasteiger partial charge in [-0.15, -0.1) is 0 Å². The first-order valence-corrected chi connectivity index (χ1v) is 9.19. The van der Waals surface area contributed by atoms with E-state index >= 15 is 0 Å². The molecular weight excluding hydrogens is 359 g/mol. The predicted molar refractivity (Wildman–Crippen MR) is 109 cm³/mol. The fourth-order valence-corrected chi connectivity index (χ4v) is 2.85. The Balaban J connectivity index is 1.59. The van der Waals surface area contributed by atoms with Crippen molar-refractivity contribution >= 4 is 22.8 Å². The lowest BCUT2D eigenvalue weighted by Crippen LogP contribution is -2.38.